The maximum atomic E-state index is 6.06. The minimum absolute atomic E-state index is 0.604. The van der Waals surface area contributed by atoms with Crippen molar-refractivity contribution in [1.82, 2.24) is 0 Å². The molecule has 0 atom stereocenters. The molecule has 0 spiro atoms. The molecule has 0 nitrogen and oxygen atoms in total. The fourth-order valence-electron chi connectivity index (χ4n) is 1.13. The van der Waals surface area contributed by atoms with E-state index in [4.69, 9.17) is 23.2 Å². The molecule has 0 saturated heterocycles. The molecule has 0 bridgehead atoms. The first-order valence-corrected chi connectivity index (χ1v) is 5.40. The molecule has 0 radical (unpaired) electrons. The number of rotatable bonds is 1. The molecule has 0 aliphatic rings. The van der Waals surface area contributed by atoms with Gasteiger partial charge >= 0.3 is 0 Å². The normalized spacial score (nSPS) is 10.3. The zero-order valence-corrected chi connectivity index (χ0v) is 8.96. The quantitative estimate of drug-likeness (QED) is 0.663. The van der Waals surface area contributed by atoms with Gasteiger partial charge < -0.3 is 0 Å². The van der Waals surface area contributed by atoms with E-state index in [1.165, 1.54) is 0 Å². The summed E-state index contributed by atoms with van der Waals surface area (Å²) in [7, 11) is 0. The number of thiophene rings is 1. The third-order valence-electron chi connectivity index (χ3n) is 1.74. The summed E-state index contributed by atoms with van der Waals surface area (Å²) in [6, 6.07) is 9.70. The van der Waals surface area contributed by atoms with Gasteiger partial charge in [0.15, 0.2) is 0 Å². The van der Waals surface area contributed by atoms with Crippen LogP contribution in [-0.4, -0.2) is 0 Å². The number of benzene rings is 1. The lowest BCUT2D eigenvalue weighted by atomic mass is 10.2. The van der Waals surface area contributed by atoms with Crippen molar-refractivity contribution < 1.29 is 0 Å². The summed E-state index contributed by atoms with van der Waals surface area (Å²) in [6.45, 7) is 0. The molecule has 2 rings (SSSR count). The molecule has 3 heteroatoms. The third-order valence-corrected chi connectivity index (χ3v) is 3.46. The molecule has 0 amide bonds. The van der Waals surface area contributed by atoms with Gasteiger partial charge in [0.1, 0.15) is 0 Å². The first-order chi connectivity index (χ1) is 6.29. The lowest BCUT2D eigenvalue weighted by molar-refractivity contribution is 1.69. The van der Waals surface area contributed by atoms with Gasteiger partial charge in [0.2, 0.25) is 0 Å². The molecule has 1 aromatic heterocycles. The molecule has 1 heterocycles. The van der Waals surface area contributed by atoms with E-state index < -0.39 is 0 Å². The molecule has 13 heavy (non-hydrogen) atoms. The van der Waals surface area contributed by atoms with Gasteiger partial charge in [0.25, 0.3) is 0 Å². The van der Waals surface area contributed by atoms with Crippen LogP contribution < -0.4 is 0 Å². The third kappa shape index (κ3) is 1.73. The molecule has 0 saturated carbocycles. The molecule has 0 aliphatic heterocycles. The molecule has 2 aromatic rings. The second-order valence-electron chi connectivity index (χ2n) is 2.58. The Hall–Kier alpha value is -0.500. The van der Waals surface area contributed by atoms with Crippen molar-refractivity contribution in [3.8, 4) is 10.4 Å². The van der Waals surface area contributed by atoms with Crippen molar-refractivity contribution in [2.45, 2.75) is 0 Å². The van der Waals surface area contributed by atoms with Crippen LogP contribution in [0.3, 0.4) is 0 Å². The van der Waals surface area contributed by atoms with E-state index >= 15 is 0 Å². The smallest absolute Gasteiger partial charge is 0.0678 e. The highest BCUT2D eigenvalue weighted by Crippen LogP contribution is 2.35. The van der Waals surface area contributed by atoms with Crippen molar-refractivity contribution >= 4 is 34.5 Å². The second kappa shape index (κ2) is 3.70. The molecule has 66 valence electrons. The van der Waals surface area contributed by atoms with Crippen LogP contribution in [0.5, 0.6) is 0 Å². The Morgan fingerprint density at radius 1 is 1.00 bits per heavy atom. The second-order valence-corrected chi connectivity index (χ2v) is 4.31. The van der Waals surface area contributed by atoms with E-state index in [1.54, 1.807) is 17.4 Å². The Labute approximate surface area is 90.7 Å². The summed E-state index contributed by atoms with van der Waals surface area (Å²) in [4.78, 5) is 1.15. The molecular formula is C10H6Cl2S. The van der Waals surface area contributed by atoms with Gasteiger partial charge in [0.05, 0.1) is 10.0 Å². The van der Waals surface area contributed by atoms with Crippen LogP contribution in [-0.2, 0) is 0 Å². The zero-order valence-electron chi connectivity index (χ0n) is 6.63. The Morgan fingerprint density at radius 3 is 2.54 bits per heavy atom. The van der Waals surface area contributed by atoms with Crippen LogP contribution in [0.2, 0.25) is 10.0 Å². The van der Waals surface area contributed by atoms with Crippen molar-refractivity contribution in [2.75, 3.05) is 0 Å². The van der Waals surface area contributed by atoms with E-state index in [1.807, 2.05) is 29.6 Å². The zero-order chi connectivity index (χ0) is 9.26. The number of hydrogen-bond acceptors (Lipinski definition) is 1. The van der Waals surface area contributed by atoms with Crippen LogP contribution in [0.1, 0.15) is 0 Å². The highest BCUT2D eigenvalue weighted by molar-refractivity contribution is 7.13. The van der Waals surface area contributed by atoms with Crippen molar-refractivity contribution in [3.63, 3.8) is 0 Å². The molecule has 0 fully saturated rings. The van der Waals surface area contributed by atoms with Gasteiger partial charge in [-0.1, -0.05) is 41.4 Å². The average Bonchev–Trinajstić information content (AvgIpc) is 2.62. The number of halogens is 2. The Bertz CT molecular complexity index is 407. The van der Waals surface area contributed by atoms with E-state index in [-0.39, 0.29) is 0 Å². The molecular weight excluding hydrogens is 223 g/mol. The topological polar surface area (TPSA) is 0 Å². The van der Waals surface area contributed by atoms with Gasteiger partial charge in [0, 0.05) is 10.4 Å². The van der Waals surface area contributed by atoms with Crippen LogP contribution in [0.15, 0.2) is 35.7 Å². The Balaban J connectivity index is 2.59. The fourth-order valence-corrected chi connectivity index (χ4v) is 2.34. The van der Waals surface area contributed by atoms with E-state index in [2.05, 4.69) is 0 Å². The summed E-state index contributed by atoms with van der Waals surface area (Å²) in [5.74, 6) is 0. The largest absolute Gasteiger partial charge is 0.144 e. The molecule has 0 N–H and O–H groups in total. The number of hydrogen-bond donors (Lipinski definition) is 0. The van der Waals surface area contributed by atoms with Gasteiger partial charge in [-0.3, -0.25) is 0 Å². The molecule has 0 unspecified atom stereocenters. The Morgan fingerprint density at radius 2 is 1.85 bits per heavy atom. The van der Waals surface area contributed by atoms with E-state index in [0.717, 1.165) is 10.4 Å². The Kier molecular flexibility index (Phi) is 2.58. The van der Waals surface area contributed by atoms with E-state index in [0.29, 0.717) is 10.0 Å². The maximum absolute atomic E-state index is 6.06. The predicted molar refractivity (Wildman–Crippen MR) is 59.8 cm³/mol. The summed E-state index contributed by atoms with van der Waals surface area (Å²) in [5, 5.41) is 3.26. The SMILES string of the molecule is Clc1cccc(-c2cccs2)c1Cl. The lowest BCUT2D eigenvalue weighted by Gasteiger charge is -2.01. The minimum Gasteiger partial charge on any atom is -0.144 e. The van der Waals surface area contributed by atoms with Gasteiger partial charge in [-0.25, -0.2) is 0 Å². The highest BCUT2D eigenvalue weighted by atomic mass is 35.5. The summed E-state index contributed by atoms with van der Waals surface area (Å²) >= 11 is 13.6. The van der Waals surface area contributed by atoms with Crippen LogP contribution in [0.4, 0.5) is 0 Å². The summed E-state index contributed by atoms with van der Waals surface area (Å²) in [5.41, 5.74) is 1.00. The minimum atomic E-state index is 0.604. The standard InChI is InChI=1S/C10H6Cl2S/c11-8-4-1-3-7(10(8)12)9-5-2-6-13-9/h1-6H. The average molecular weight is 229 g/mol. The van der Waals surface area contributed by atoms with Crippen molar-refractivity contribution in [1.29, 1.82) is 0 Å². The lowest BCUT2D eigenvalue weighted by Crippen LogP contribution is -1.75. The fraction of sp³-hybridized carbons (Fsp3) is 0. The first kappa shape index (κ1) is 9.07. The van der Waals surface area contributed by atoms with Crippen molar-refractivity contribution in [2.24, 2.45) is 0 Å². The van der Waals surface area contributed by atoms with Crippen LogP contribution in [0.25, 0.3) is 10.4 Å². The van der Waals surface area contributed by atoms with Crippen molar-refractivity contribution in [3.05, 3.63) is 45.8 Å². The van der Waals surface area contributed by atoms with Gasteiger partial charge in [-0.05, 0) is 17.5 Å². The molecule has 1 aromatic carbocycles. The maximum Gasteiger partial charge on any atom is 0.0678 e. The van der Waals surface area contributed by atoms with Crippen LogP contribution >= 0.6 is 34.5 Å². The predicted octanol–water partition coefficient (Wildman–Crippen LogP) is 4.72. The van der Waals surface area contributed by atoms with E-state index in [9.17, 15) is 0 Å². The summed E-state index contributed by atoms with van der Waals surface area (Å²) < 4.78 is 0. The monoisotopic (exact) mass is 228 g/mol. The van der Waals surface area contributed by atoms with Gasteiger partial charge in [-0.2, -0.15) is 0 Å². The van der Waals surface area contributed by atoms with Crippen LogP contribution in [0, 0.1) is 0 Å². The highest BCUT2D eigenvalue weighted by Gasteiger charge is 2.06. The van der Waals surface area contributed by atoms with Gasteiger partial charge in [-0.15, -0.1) is 11.3 Å². The molecule has 0 aliphatic carbocycles. The first-order valence-electron chi connectivity index (χ1n) is 3.77. The summed E-state index contributed by atoms with van der Waals surface area (Å²) in [6.07, 6.45) is 0.